The molecule has 2 saturated carbocycles. The van der Waals surface area contributed by atoms with Gasteiger partial charge in [-0.2, -0.15) is 5.10 Å². The fraction of sp³-hybridized carbons (Fsp3) is 0.560. The SMILES string of the molecule is CN(C(=O)c1ccc(NC(=O)c2cc(C3CC3)n(C(C)(C)C)n2)cc1)C1CCCCC1. The number of rotatable bonds is 5. The van der Waals surface area contributed by atoms with Crippen LogP contribution >= 0.6 is 0 Å². The van der Waals surface area contributed by atoms with Gasteiger partial charge in [0.1, 0.15) is 0 Å². The van der Waals surface area contributed by atoms with Crippen LogP contribution in [0.1, 0.15) is 98.2 Å². The van der Waals surface area contributed by atoms with Crippen molar-refractivity contribution in [2.45, 2.75) is 83.2 Å². The highest BCUT2D eigenvalue weighted by atomic mass is 16.2. The van der Waals surface area contributed by atoms with E-state index in [1.54, 1.807) is 24.3 Å². The Bertz CT molecular complexity index is 945. The van der Waals surface area contributed by atoms with Crippen LogP contribution in [0.4, 0.5) is 5.69 Å². The fourth-order valence-electron chi connectivity index (χ4n) is 4.44. The van der Waals surface area contributed by atoms with Crippen LogP contribution in [0.2, 0.25) is 0 Å². The van der Waals surface area contributed by atoms with Crippen LogP contribution in [-0.2, 0) is 5.54 Å². The molecule has 6 nitrogen and oxygen atoms in total. The van der Waals surface area contributed by atoms with Gasteiger partial charge in [-0.15, -0.1) is 0 Å². The zero-order chi connectivity index (χ0) is 22.2. The number of carbonyl (C=O) groups is 2. The van der Waals surface area contributed by atoms with Gasteiger partial charge in [0.2, 0.25) is 0 Å². The lowest BCUT2D eigenvalue weighted by atomic mass is 9.94. The number of aromatic nitrogens is 2. The first-order valence-electron chi connectivity index (χ1n) is 11.5. The van der Waals surface area contributed by atoms with Crippen LogP contribution in [0.3, 0.4) is 0 Å². The van der Waals surface area contributed by atoms with Gasteiger partial charge in [0, 0.05) is 36.0 Å². The number of nitrogens with one attached hydrogen (secondary N) is 1. The molecule has 0 spiro atoms. The summed E-state index contributed by atoms with van der Waals surface area (Å²) in [5.74, 6) is 0.339. The first-order valence-corrected chi connectivity index (χ1v) is 11.5. The van der Waals surface area contributed by atoms with Gasteiger partial charge in [-0.3, -0.25) is 14.3 Å². The molecule has 2 amide bonds. The molecule has 0 radical (unpaired) electrons. The molecule has 2 aliphatic rings. The molecule has 31 heavy (non-hydrogen) atoms. The van der Waals surface area contributed by atoms with E-state index < -0.39 is 0 Å². The number of amides is 2. The van der Waals surface area contributed by atoms with Gasteiger partial charge in [0.05, 0.1) is 5.54 Å². The Balaban J connectivity index is 1.43. The van der Waals surface area contributed by atoms with Crippen molar-refractivity contribution < 1.29 is 9.59 Å². The normalized spacial score (nSPS) is 17.4. The topological polar surface area (TPSA) is 67.2 Å². The summed E-state index contributed by atoms with van der Waals surface area (Å²) in [6, 6.07) is 9.43. The molecule has 4 rings (SSSR count). The third kappa shape index (κ3) is 4.83. The summed E-state index contributed by atoms with van der Waals surface area (Å²) < 4.78 is 1.99. The average molecular weight is 423 g/mol. The maximum Gasteiger partial charge on any atom is 0.276 e. The van der Waals surface area contributed by atoms with E-state index in [-0.39, 0.29) is 17.4 Å². The summed E-state index contributed by atoms with van der Waals surface area (Å²) in [6.07, 6.45) is 8.15. The van der Waals surface area contributed by atoms with Gasteiger partial charge in [-0.05, 0) is 76.8 Å². The van der Waals surface area contributed by atoms with Crippen molar-refractivity contribution in [3.8, 4) is 0 Å². The molecule has 0 aliphatic heterocycles. The van der Waals surface area contributed by atoms with E-state index in [1.807, 2.05) is 22.7 Å². The van der Waals surface area contributed by atoms with Gasteiger partial charge in [0.15, 0.2) is 5.69 Å². The molecule has 1 N–H and O–H groups in total. The van der Waals surface area contributed by atoms with Gasteiger partial charge in [0.25, 0.3) is 11.8 Å². The van der Waals surface area contributed by atoms with E-state index in [2.05, 4.69) is 31.2 Å². The molecule has 2 fully saturated rings. The smallest absolute Gasteiger partial charge is 0.276 e. The van der Waals surface area contributed by atoms with Crippen LogP contribution in [0, 0.1) is 0 Å². The van der Waals surface area contributed by atoms with E-state index in [4.69, 9.17) is 0 Å². The van der Waals surface area contributed by atoms with Crippen molar-refractivity contribution in [3.63, 3.8) is 0 Å². The van der Waals surface area contributed by atoms with Crippen molar-refractivity contribution in [3.05, 3.63) is 47.3 Å². The third-order valence-electron chi connectivity index (χ3n) is 6.43. The van der Waals surface area contributed by atoms with Crippen molar-refractivity contribution in [2.24, 2.45) is 0 Å². The summed E-state index contributed by atoms with van der Waals surface area (Å²) in [5, 5.41) is 7.53. The zero-order valence-corrected chi connectivity index (χ0v) is 19.1. The molecule has 1 aromatic carbocycles. The minimum absolute atomic E-state index is 0.0442. The molecule has 166 valence electrons. The van der Waals surface area contributed by atoms with Gasteiger partial charge < -0.3 is 10.2 Å². The van der Waals surface area contributed by atoms with Gasteiger partial charge >= 0.3 is 0 Å². The number of hydrogen-bond acceptors (Lipinski definition) is 3. The second-order valence-electron chi connectivity index (χ2n) is 10.1. The fourth-order valence-corrected chi connectivity index (χ4v) is 4.44. The van der Waals surface area contributed by atoms with Crippen LogP contribution in [0.25, 0.3) is 0 Å². The van der Waals surface area contributed by atoms with Crippen molar-refractivity contribution in [1.82, 2.24) is 14.7 Å². The van der Waals surface area contributed by atoms with Crippen LogP contribution in [-0.4, -0.2) is 39.6 Å². The van der Waals surface area contributed by atoms with E-state index in [9.17, 15) is 9.59 Å². The van der Waals surface area contributed by atoms with E-state index >= 15 is 0 Å². The molecule has 0 atom stereocenters. The minimum atomic E-state index is -0.219. The minimum Gasteiger partial charge on any atom is -0.339 e. The number of anilines is 1. The predicted molar refractivity (Wildman–Crippen MR) is 123 cm³/mol. The Morgan fingerprint density at radius 3 is 2.26 bits per heavy atom. The third-order valence-corrected chi connectivity index (χ3v) is 6.43. The van der Waals surface area contributed by atoms with Crippen molar-refractivity contribution >= 4 is 17.5 Å². The molecule has 0 bridgehead atoms. The number of carbonyl (C=O) groups excluding carboxylic acids is 2. The maximum absolute atomic E-state index is 12.8. The van der Waals surface area contributed by atoms with Crippen LogP contribution in [0.15, 0.2) is 30.3 Å². The lowest BCUT2D eigenvalue weighted by Crippen LogP contribution is -2.38. The highest BCUT2D eigenvalue weighted by Gasteiger charge is 2.32. The van der Waals surface area contributed by atoms with Crippen LogP contribution in [0.5, 0.6) is 0 Å². The van der Waals surface area contributed by atoms with E-state index in [1.165, 1.54) is 19.3 Å². The molecular formula is C25H34N4O2. The molecule has 2 aliphatic carbocycles. The number of benzene rings is 1. The Kier molecular flexibility index (Phi) is 5.91. The lowest BCUT2D eigenvalue weighted by molar-refractivity contribution is 0.0696. The Morgan fingerprint density at radius 1 is 1.03 bits per heavy atom. The zero-order valence-electron chi connectivity index (χ0n) is 19.1. The molecule has 0 unspecified atom stereocenters. The summed E-state index contributed by atoms with van der Waals surface area (Å²) >= 11 is 0. The van der Waals surface area contributed by atoms with Crippen molar-refractivity contribution in [1.29, 1.82) is 0 Å². The molecule has 0 saturated heterocycles. The van der Waals surface area contributed by atoms with Crippen LogP contribution < -0.4 is 5.32 Å². The van der Waals surface area contributed by atoms with E-state index in [0.29, 0.717) is 28.9 Å². The predicted octanol–water partition coefficient (Wildman–Crippen LogP) is 5.17. The maximum atomic E-state index is 12.8. The molecule has 6 heteroatoms. The summed E-state index contributed by atoms with van der Waals surface area (Å²) in [6.45, 7) is 6.31. The molecule has 1 aromatic heterocycles. The quantitative estimate of drug-likeness (QED) is 0.723. The first kappa shape index (κ1) is 21.6. The summed E-state index contributed by atoms with van der Waals surface area (Å²) in [5.41, 5.74) is 2.74. The Morgan fingerprint density at radius 2 is 1.68 bits per heavy atom. The van der Waals surface area contributed by atoms with E-state index in [0.717, 1.165) is 31.4 Å². The Labute approximate surface area is 185 Å². The highest BCUT2D eigenvalue weighted by Crippen LogP contribution is 2.41. The number of hydrogen-bond donors (Lipinski definition) is 1. The summed E-state index contributed by atoms with van der Waals surface area (Å²) in [7, 11) is 1.90. The standard InChI is InChI=1S/C25H34N4O2/c1-25(2,3)29-22(17-10-11-17)16-21(27-29)23(30)26-19-14-12-18(13-15-19)24(31)28(4)20-8-6-5-7-9-20/h12-17,20H,5-11H2,1-4H3,(H,26,30). The summed E-state index contributed by atoms with van der Waals surface area (Å²) in [4.78, 5) is 27.5. The monoisotopic (exact) mass is 422 g/mol. The number of nitrogens with zero attached hydrogens (tertiary/aromatic N) is 3. The Hall–Kier alpha value is -2.63. The second-order valence-corrected chi connectivity index (χ2v) is 10.1. The molecular weight excluding hydrogens is 388 g/mol. The van der Waals surface area contributed by atoms with Crippen molar-refractivity contribution in [2.75, 3.05) is 12.4 Å². The lowest BCUT2D eigenvalue weighted by Gasteiger charge is -2.31. The van der Waals surface area contributed by atoms with Gasteiger partial charge in [-0.25, -0.2) is 0 Å². The van der Waals surface area contributed by atoms with Gasteiger partial charge in [-0.1, -0.05) is 19.3 Å². The molecule has 1 heterocycles. The second kappa shape index (κ2) is 8.48. The average Bonchev–Trinajstić information content (AvgIpc) is 3.50. The highest BCUT2D eigenvalue weighted by molar-refractivity contribution is 6.03. The molecule has 2 aromatic rings. The largest absolute Gasteiger partial charge is 0.339 e. The first-order chi connectivity index (χ1) is 14.7.